The molecule has 0 saturated heterocycles. The third-order valence-corrected chi connectivity index (χ3v) is 3.82. The minimum atomic E-state index is -3.14. The van der Waals surface area contributed by atoms with Crippen LogP contribution in [-0.2, 0) is 16.6 Å². The van der Waals surface area contributed by atoms with Crippen LogP contribution in [0, 0.1) is 0 Å². The number of aliphatic imine (C=N–C) groups is 1. The molecule has 0 spiro atoms. The molecule has 0 atom stereocenters. The first-order chi connectivity index (χ1) is 12.0. The van der Waals surface area contributed by atoms with Crippen molar-refractivity contribution in [3.05, 3.63) is 42.5 Å². The van der Waals surface area contributed by atoms with Crippen molar-refractivity contribution in [2.75, 3.05) is 32.5 Å². The quantitative estimate of drug-likeness (QED) is 0.143. The molecule has 0 unspecified atom stereocenters. The Morgan fingerprint density at radius 1 is 1.27 bits per heavy atom. The van der Waals surface area contributed by atoms with Crippen molar-refractivity contribution in [3.8, 4) is 5.75 Å². The largest absolute Gasteiger partial charge is 0.489 e. The molecule has 0 bridgehead atoms. The zero-order valence-electron chi connectivity index (χ0n) is 15.3. The first kappa shape index (κ1) is 24.7. The highest BCUT2D eigenvalue weighted by Gasteiger charge is 2.03. The second-order valence-corrected chi connectivity index (χ2v) is 7.18. The number of guanidine groups is 1. The number of para-hydroxylation sites is 1. The Bertz CT molecular complexity index is 666. The zero-order valence-corrected chi connectivity index (χ0v) is 18.5. The Kier molecular flexibility index (Phi) is 13.1. The van der Waals surface area contributed by atoms with Gasteiger partial charge in [0.2, 0.25) is 10.0 Å². The number of halogens is 1. The van der Waals surface area contributed by atoms with Gasteiger partial charge < -0.3 is 15.4 Å². The third-order valence-electron chi connectivity index (χ3n) is 3.09. The van der Waals surface area contributed by atoms with Crippen molar-refractivity contribution < 1.29 is 13.2 Å². The fraction of sp³-hybridized carbons (Fsp3) is 0.471. The lowest BCUT2D eigenvalue weighted by atomic mass is 10.2. The number of rotatable bonds is 11. The zero-order chi connectivity index (χ0) is 18.5. The molecule has 26 heavy (non-hydrogen) atoms. The molecule has 7 nitrogen and oxygen atoms in total. The van der Waals surface area contributed by atoms with Crippen LogP contribution in [-0.4, -0.2) is 46.9 Å². The summed E-state index contributed by atoms with van der Waals surface area (Å²) in [5, 5.41) is 6.35. The second kappa shape index (κ2) is 13.8. The van der Waals surface area contributed by atoms with Crippen molar-refractivity contribution in [2.45, 2.75) is 19.9 Å². The summed E-state index contributed by atoms with van der Waals surface area (Å²) in [5.41, 5.74) is 0.986. The number of sulfonamides is 1. The van der Waals surface area contributed by atoms with Gasteiger partial charge in [0, 0.05) is 25.2 Å². The highest BCUT2D eigenvalue weighted by Crippen LogP contribution is 2.18. The average molecular weight is 496 g/mol. The van der Waals surface area contributed by atoms with Crippen molar-refractivity contribution in [2.24, 2.45) is 4.99 Å². The minimum Gasteiger partial charge on any atom is -0.489 e. The van der Waals surface area contributed by atoms with E-state index >= 15 is 0 Å². The minimum absolute atomic E-state index is 0. The van der Waals surface area contributed by atoms with E-state index in [-0.39, 0.29) is 24.0 Å². The molecule has 0 heterocycles. The van der Waals surface area contributed by atoms with Crippen LogP contribution in [0.25, 0.3) is 0 Å². The van der Waals surface area contributed by atoms with Crippen molar-refractivity contribution in [3.63, 3.8) is 0 Å². The lowest BCUT2D eigenvalue weighted by Gasteiger charge is -2.12. The van der Waals surface area contributed by atoms with Crippen LogP contribution >= 0.6 is 24.0 Å². The maximum absolute atomic E-state index is 11.0. The number of nitrogens with zero attached hydrogens (tertiary/aromatic N) is 1. The molecule has 9 heteroatoms. The number of benzene rings is 1. The molecule has 0 saturated carbocycles. The molecule has 1 rings (SSSR count). The van der Waals surface area contributed by atoms with Gasteiger partial charge in [0.15, 0.2) is 5.96 Å². The van der Waals surface area contributed by atoms with Crippen molar-refractivity contribution in [1.29, 1.82) is 0 Å². The van der Waals surface area contributed by atoms with E-state index in [2.05, 4.69) is 26.9 Å². The van der Waals surface area contributed by atoms with Gasteiger partial charge in [0.05, 0.1) is 12.8 Å². The lowest BCUT2D eigenvalue weighted by Crippen LogP contribution is -2.38. The molecule has 0 amide bonds. The molecule has 0 aromatic heterocycles. The van der Waals surface area contributed by atoms with Gasteiger partial charge in [-0.2, -0.15) is 0 Å². The first-order valence-electron chi connectivity index (χ1n) is 8.24. The average Bonchev–Trinajstić information content (AvgIpc) is 2.57. The predicted molar refractivity (Wildman–Crippen MR) is 118 cm³/mol. The van der Waals surface area contributed by atoms with E-state index in [9.17, 15) is 8.42 Å². The molecule has 0 aliphatic carbocycles. The van der Waals surface area contributed by atoms with Crippen LogP contribution in [0.1, 0.15) is 18.9 Å². The topological polar surface area (TPSA) is 91.8 Å². The van der Waals surface area contributed by atoms with E-state index in [1.807, 2.05) is 31.2 Å². The molecule has 0 radical (unpaired) electrons. The number of ether oxygens (including phenoxy) is 1. The predicted octanol–water partition coefficient (Wildman–Crippen LogP) is 1.86. The van der Waals surface area contributed by atoms with Gasteiger partial charge in [-0.25, -0.2) is 18.1 Å². The molecule has 1 aromatic rings. The van der Waals surface area contributed by atoms with Gasteiger partial charge in [-0.3, -0.25) is 0 Å². The highest BCUT2D eigenvalue weighted by atomic mass is 127. The van der Waals surface area contributed by atoms with E-state index in [4.69, 9.17) is 4.74 Å². The number of nitrogens with one attached hydrogen (secondary N) is 3. The molecule has 0 fully saturated rings. The lowest BCUT2D eigenvalue weighted by molar-refractivity contribution is 0.359. The monoisotopic (exact) mass is 496 g/mol. The molecular formula is C17H29IN4O3S. The van der Waals surface area contributed by atoms with Gasteiger partial charge in [-0.15, -0.1) is 24.0 Å². The fourth-order valence-electron chi connectivity index (χ4n) is 1.98. The molecule has 0 aliphatic rings. The van der Waals surface area contributed by atoms with Crippen LogP contribution in [0.15, 0.2) is 41.9 Å². The molecule has 0 aliphatic heterocycles. The summed E-state index contributed by atoms with van der Waals surface area (Å²) in [6, 6.07) is 7.75. The SMILES string of the molecule is C=CCOc1ccccc1CN=C(NCC)NCCCNS(C)(=O)=O.I. The summed E-state index contributed by atoms with van der Waals surface area (Å²) in [5.74, 6) is 1.47. The summed E-state index contributed by atoms with van der Waals surface area (Å²) in [6.07, 6.45) is 3.52. The fourth-order valence-corrected chi connectivity index (χ4v) is 2.50. The van der Waals surface area contributed by atoms with Crippen LogP contribution in [0.2, 0.25) is 0 Å². The van der Waals surface area contributed by atoms with E-state index in [0.717, 1.165) is 24.1 Å². The van der Waals surface area contributed by atoms with Crippen LogP contribution in [0.3, 0.4) is 0 Å². The first-order valence-corrected chi connectivity index (χ1v) is 10.1. The standard InChI is InChI=1S/C17H28N4O3S.HI/c1-4-13-24-16-10-7-6-9-15(16)14-20-17(18-5-2)19-11-8-12-21-25(3,22)23;/h4,6-7,9-10,21H,1,5,8,11-14H2,2-3H3,(H2,18,19,20);1H. The van der Waals surface area contributed by atoms with Crippen LogP contribution < -0.4 is 20.1 Å². The summed E-state index contributed by atoms with van der Waals surface area (Å²) in [7, 11) is -3.14. The van der Waals surface area contributed by atoms with Crippen molar-refractivity contribution >= 4 is 40.0 Å². The Morgan fingerprint density at radius 2 is 2.00 bits per heavy atom. The van der Waals surface area contributed by atoms with E-state index in [1.165, 1.54) is 0 Å². The Morgan fingerprint density at radius 3 is 2.65 bits per heavy atom. The molecular weight excluding hydrogens is 467 g/mol. The molecule has 1 aromatic carbocycles. The van der Waals surface area contributed by atoms with Gasteiger partial charge in [-0.1, -0.05) is 30.9 Å². The van der Waals surface area contributed by atoms with E-state index < -0.39 is 10.0 Å². The van der Waals surface area contributed by atoms with E-state index in [1.54, 1.807) is 6.08 Å². The van der Waals surface area contributed by atoms with Gasteiger partial charge in [-0.05, 0) is 19.4 Å². The third kappa shape index (κ3) is 11.3. The second-order valence-electron chi connectivity index (χ2n) is 5.35. The normalized spacial score (nSPS) is 11.4. The molecule has 148 valence electrons. The Hall–Kier alpha value is -1.33. The van der Waals surface area contributed by atoms with Crippen LogP contribution in [0.5, 0.6) is 5.75 Å². The molecule has 3 N–H and O–H groups in total. The summed E-state index contributed by atoms with van der Waals surface area (Å²) in [6.45, 7) is 8.31. The Labute approximate surface area is 173 Å². The Balaban J connectivity index is 0.00000625. The van der Waals surface area contributed by atoms with Gasteiger partial charge in [0.25, 0.3) is 0 Å². The van der Waals surface area contributed by atoms with Crippen LogP contribution in [0.4, 0.5) is 0 Å². The van der Waals surface area contributed by atoms with Gasteiger partial charge >= 0.3 is 0 Å². The summed E-state index contributed by atoms with van der Waals surface area (Å²) in [4.78, 5) is 4.55. The highest BCUT2D eigenvalue weighted by molar-refractivity contribution is 14.0. The maximum Gasteiger partial charge on any atom is 0.208 e. The number of hydrogen-bond acceptors (Lipinski definition) is 4. The summed E-state index contributed by atoms with van der Waals surface area (Å²) >= 11 is 0. The summed E-state index contributed by atoms with van der Waals surface area (Å²) < 4.78 is 30.1. The van der Waals surface area contributed by atoms with E-state index in [0.29, 0.717) is 38.6 Å². The van der Waals surface area contributed by atoms with Gasteiger partial charge in [0.1, 0.15) is 12.4 Å². The number of hydrogen-bond donors (Lipinski definition) is 3. The van der Waals surface area contributed by atoms with Crippen molar-refractivity contribution in [1.82, 2.24) is 15.4 Å². The smallest absolute Gasteiger partial charge is 0.208 e. The maximum atomic E-state index is 11.0.